The average Bonchev–Trinajstić information content (AvgIpc) is 2.48. The van der Waals surface area contributed by atoms with Crippen LogP contribution >= 0.6 is 15.9 Å². The highest BCUT2D eigenvalue weighted by atomic mass is 79.9. The third kappa shape index (κ3) is 4.37. The molecule has 2 rings (SSSR count). The van der Waals surface area contributed by atoms with E-state index in [1.54, 1.807) is 18.3 Å². The van der Waals surface area contributed by atoms with E-state index >= 15 is 0 Å². The number of benzene rings is 1. The molecule has 4 nitrogen and oxygen atoms in total. The van der Waals surface area contributed by atoms with Crippen molar-refractivity contribution in [2.75, 3.05) is 20.6 Å². The third-order valence-corrected chi connectivity index (χ3v) is 3.72. The second kappa shape index (κ2) is 7.33. The SMILES string of the molecule is CN(C)C(CNC(=O)c1ccc(Br)nc1)c1ccccc1. The van der Waals surface area contributed by atoms with Crippen LogP contribution in [0.15, 0.2) is 53.3 Å². The van der Waals surface area contributed by atoms with Gasteiger partial charge >= 0.3 is 0 Å². The molecule has 1 amide bonds. The van der Waals surface area contributed by atoms with Crippen molar-refractivity contribution >= 4 is 21.8 Å². The summed E-state index contributed by atoms with van der Waals surface area (Å²) >= 11 is 3.26. The minimum Gasteiger partial charge on any atom is -0.350 e. The number of hydrogen-bond donors (Lipinski definition) is 1. The molecule has 110 valence electrons. The Morgan fingerprint density at radius 2 is 1.95 bits per heavy atom. The minimum absolute atomic E-state index is 0.113. The van der Waals surface area contributed by atoms with Crippen LogP contribution in [0.3, 0.4) is 0 Å². The smallest absolute Gasteiger partial charge is 0.252 e. The zero-order valence-electron chi connectivity index (χ0n) is 12.1. The van der Waals surface area contributed by atoms with Crippen molar-refractivity contribution in [3.63, 3.8) is 0 Å². The van der Waals surface area contributed by atoms with Gasteiger partial charge in [-0.25, -0.2) is 4.98 Å². The molecule has 2 aromatic rings. The Labute approximate surface area is 133 Å². The maximum absolute atomic E-state index is 12.1. The number of hydrogen-bond acceptors (Lipinski definition) is 3. The van der Waals surface area contributed by atoms with E-state index < -0.39 is 0 Å². The summed E-state index contributed by atoms with van der Waals surface area (Å²) in [5, 5.41) is 2.96. The van der Waals surface area contributed by atoms with Crippen molar-refractivity contribution in [2.24, 2.45) is 0 Å². The number of amides is 1. The predicted molar refractivity (Wildman–Crippen MR) is 87.1 cm³/mol. The largest absolute Gasteiger partial charge is 0.350 e. The van der Waals surface area contributed by atoms with E-state index in [0.29, 0.717) is 12.1 Å². The summed E-state index contributed by atoms with van der Waals surface area (Å²) in [5.41, 5.74) is 1.74. The lowest BCUT2D eigenvalue weighted by atomic mass is 10.1. The molecule has 0 fully saturated rings. The Morgan fingerprint density at radius 3 is 2.52 bits per heavy atom. The number of pyridine rings is 1. The predicted octanol–water partition coefficient (Wildman–Crippen LogP) is 2.88. The highest BCUT2D eigenvalue weighted by molar-refractivity contribution is 9.10. The Hall–Kier alpha value is -1.72. The molecule has 0 radical (unpaired) electrons. The summed E-state index contributed by atoms with van der Waals surface area (Å²) in [6.07, 6.45) is 1.56. The van der Waals surface area contributed by atoms with Crippen LogP contribution in [0.25, 0.3) is 0 Å². The summed E-state index contributed by atoms with van der Waals surface area (Å²) in [7, 11) is 4.01. The van der Waals surface area contributed by atoms with Crippen LogP contribution in [0.5, 0.6) is 0 Å². The Balaban J connectivity index is 2.02. The first-order valence-corrected chi connectivity index (χ1v) is 7.48. The van der Waals surface area contributed by atoms with Crippen molar-refractivity contribution in [2.45, 2.75) is 6.04 Å². The molecule has 1 aromatic heterocycles. The number of nitrogens with zero attached hydrogens (tertiary/aromatic N) is 2. The van der Waals surface area contributed by atoms with Crippen LogP contribution in [-0.4, -0.2) is 36.4 Å². The van der Waals surface area contributed by atoms with Crippen LogP contribution in [0, 0.1) is 0 Å². The first-order chi connectivity index (χ1) is 10.1. The third-order valence-electron chi connectivity index (χ3n) is 3.25. The fourth-order valence-corrected chi connectivity index (χ4v) is 2.31. The molecule has 0 aliphatic carbocycles. The van der Waals surface area contributed by atoms with Crippen LogP contribution in [0.2, 0.25) is 0 Å². The van der Waals surface area contributed by atoms with E-state index in [0.717, 1.165) is 4.60 Å². The molecule has 0 saturated heterocycles. The van der Waals surface area contributed by atoms with Crippen molar-refractivity contribution in [1.82, 2.24) is 15.2 Å². The van der Waals surface area contributed by atoms with Gasteiger partial charge in [-0.15, -0.1) is 0 Å². The van der Waals surface area contributed by atoms with E-state index in [1.165, 1.54) is 5.56 Å². The van der Waals surface area contributed by atoms with Crippen LogP contribution in [0.4, 0.5) is 0 Å². The van der Waals surface area contributed by atoms with E-state index in [-0.39, 0.29) is 11.9 Å². The lowest BCUT2D eigenvalue weighted by molar-refractivity contribution is 0.0941. The molecule has 1 heterocycles. The average molecular weight is 348 g/mol. The van der Waals surface area contributed by atoms with Gasteiger partial charge < -0.3 is 10.2 Å². The van der Waals surface area contributed by atoms with Crippen molar-refractivity contribution in [3.8, 4) is 0 Å². The number of carbonyl (C=O) groups excluding carboxylic acids is 1. The number of carbonyl (C=O) groups is 1. The fraction of sp³-hybridized carbons (Fsp3) is 0.250. The van der Waals surface area contributed by atoms with Crippen LogP contribution in [-0.2, 0) is 0 Å². The van der Waals surface area contributed by atoms with Gasteiger partial charge in [-0.1, -0.05) is 30.3 Å². The summed E-state index contributed by atoms with van der Waals surface area (Å²) in [4.78, 5) is 18.3. The summed E-state index contributed by atoms with van der Waals surface area (Å²) in [6, 6.07) is 13.8. The Kier molecular flexibility index (Phi) is 5.47. The van der Waals surface area contributed by atoms with Gasteiger partial charge in [0.2, 0.25) is 0 Å². The molecule has 1 atom stereocenters. The molecule has 0 spiro atoms. The molecule has 0 bridgehead atoms. The number of rotatable bonds is 5. The maximum atomic E-state index is 12.1. The summed E-state index contributed by atoms with van der Waals surface area (Å²) in [6.45, 7) is 0.548. The minimum atomic E-state index is -0.113. The molecule has 0 aliphatic heterocycles. The second-order valence-electron chi connectivity index (χ2n) is 4.97. The lowest BCUT2D eigenvalue weighted by Crippen LogP contribution is -2.34. The normalized spacial score (nSPS) is 12.2. The number of aromatic nitrogens is 1. The van der Waals surface area contributed by atoms with Gasteiger partial charge in [-0.3, -0.25) is 4.79 Å². The first kappa shape index (κ1) is 15.7. The standard InChI is InChI=1S/C16H18BrN3O/c1-20(2)14(12-6-4-3-5-7-12)11-19-16(21)13-8-9-15(17)18-10-13/h3-10,14H,11H2,1-2H3,(H,19,21). The summed E-state index contributed by atoms with van der Waals surface area (Å²) in [5.74, 6) is -0.113. The second-order valence-corrected chi connectivity index (χ2v) is 5.78. The number of halogens is 1. The number of nitrogens with one attached hydrogen (secondary N) is 1. The highest BCUT2D eigenvalue weighted by Crippen LogP contribution is 2.17. The van der Waals surface area contributed by atoms with Crippen molar-refractivity contribution < 1.29 is 4.79 Å². The van der Waals surface area contributed by atoms with Crippen molar-refractivity contribution in [1.29, 1.82) is 0 Å². The van der Waals surface area contributed by atoms with Gasteiger partial charge in [-0.05, 0) is 47.7 Å². The molecule has 1 aromatic carbocycles. The van der Waals surface area contributed by atoms with Gasteiger partial charge in [0.1, 0.15) is 4.60 Å². The molecule has 1 unspecified atom stereocenters. The van der Waals surface area contributed by atoms with E-state index in [4.69, 9.17) is 0 Å². The summed E-state index contributed by atoms with van der Waals surface area (Å²) < 4.78 is 0.717. The monoisotopic (exact) mass is 347 g/mol. The van der Waals surface area contributed by atoms with Gasteiger partial charge in [-0.2, -0.15) is 0 Å². The van der Waals surface area contributed by atoms with E-state index in [2.05, 4.69) is 43.3 Å². The molecule has 0 saturated carbocycles. The van der Waals surface area contributed by atoms with Gasteiger partial charge in [0.15, 0.2) is 0 Å². The van der Waals surface area contributed by atoms with Gasteiger partial charge in [0, 0.05) is 12.7 Å². The molecule has 0 aliphatic rings. The zero-order valence-corrected chi connectivity index (χ0v) is 13.7. The Morgan fingerprint density at radius 1 is 1.24 bits per heavy atom. The highest BCUT2D eigenvalue weighted by Gasteiger charge is 2.15. The lowest BCUT2D eigenvalue weighted by Gasteiger charge is -2.25. The van der Waals surface area contributed by atoms with Crippen LogP contribution in [0.1, 0.15) is 22.0 Å². The Bertz CT molecular complexity index is 584. The fourth-order valence-electron chi connectivity index (χ4n) is 2.08. The molecular formula is C16H18BrN3O. The molecule has 1 N–H and O–H groups in total. The van der Waals surface area contributed by atoms with E-state index in [9.17, 15) is 4.79 Å². The molecule has 21 heavy (non-hydrogen) atoms. The van der Waals surface area contributed by atoms with E-state index in [1.807, 2.05) is 32.3 Å². The zero-order chi connectivity index (χ0) is 15.2. The molecular weight excluding hydrogens is 330 g/mol. The van der Waals surface area contributed by atoms with Gasteiger partial charge in [0.25, 0.3) is 5.91 Å². The maximum Gasteiger partial charge on any atom is 0.252 e. The van der Waals surface area contributed by atoms with Crippen LogP contribution < -0.4 is 5.32 Å². The topological polar surface area (TPSA) is 45.2 Å². The first-order valence-electron chi connectivity index (χ1n) is 6.69. The van der Waals surface area contributed by atoms with Gasteiger partial charge in [0.05, 0.1) is 11.6 Å². The molecule has 5 heteroatoms. The van der Waals surface area contributed by atoms with Crippen molar-refractivity contribution in [3.05, 3.63) is 64.4 Å². The quantitative estimate of drug-likeness (QED) is 0.846. The number of likely N-dealkylation sites (N-methyl/N-ethyl adjacent to an activating group) is 1.